The Balaban J connectivity index is 2.24. The molecule has 4 aromatic carbocycles. The minimum atomic E-state index is -1.33. The van der Waals surface area contributed by atoms with Crippen LogP contribution >= 0.6 is 0 Å². The minimum absolute atomic E-state index is 1.31. The van der Waals surface area contributed by atoms with Crippen LogP contribution in [-0.4, -0.2) is 6.15 Å². The number of aryl methyl sites for hydroxylation is 6. The van der Waals surface area contributed by atoms with Crippen LogP contribution in [0.5, 0.6) is 0 Å². The zero-order chi connectivity index (χ0) is 22.2. The zero-order valence-electron chi connectivity index (χ0n) is 19.7. The van der Waals surface area contributed by atoms with E-state index in [0.29, 0.717) is 0 Å². The molecule has 0 N–H and O–H groups in total. The van der Waals surface area contributed by atoms with E-state index in [2.05, 4.69) is 126 Å². The van der Waals surface area contributed by atoms with Crippen LogP contribution in [0.15, 0.2) is 84.9 Å². The normalized spacial score (nSPS) is 11.5. The Labute approximate surface area is 187 Å². The highest BCUT2D eigenvalue weighted by Crippen LogP contribution is 2.16. The molecule has 0 aromatic heterocycles. The molecule has 1 heteroatoms. The summed E-state index contributed by atoms with van der Waals surface area (Å²) in [6.45, 7) is 13.3. The van der Waals surface area contributed by atoms with E-state index in [0.717, 1.165) is 0 Å². The lowest BCUT2D eigenvalue weighted by Crippen LogP contribution is -2.75. The van der Waals surface area contributed by atoms with Gasteiger partial charge in [0.05, 0.1) is 0 Å². The number of benzene rings is 4. The van der Waals surface area contributed by atoms with E-state index in [1.807, 2.05) is 0 Å². The summed E-state index contributed by atoms with van der Waals surface area (Å²) in [6, 6.07) is 32.3. The molecule has 4 aromatic rings. The molecule has 0 fully saturated rings. The molecule has 0 saturated heterocycles. The summed E-state index contributed by atoms with van der Waals surface area (Å²) in [5.74, 6) is 0. The molecule has 156 valence electrons. The standard InChI is InChI=1S/C30H32B/c1-21-12-22(2)16-28(15-21)31(27-10-8-7-9-11-27,29-17-23(3)13-24(4)18-29)30-19-25(5)14-26(6)20-30/h7-20H,1-6H3/q-1. The van der Waals surface area contributed by atoms with Crippen LogP contribution in [0.4, 0.5) is 0 Å². The molecule has 0 aliphatic carbocycles. The van der Waals surface area contributed by atoms with Crippen LogP contribution < -0.4 is 21.9 Å². The molecule has 0 atom stereocenters. The molecular formula is C30H32B-. The van der Waals surface area contributed by atoms with Crippen molar-refractivity contribution in [3.8, 4) is 0 Å². The first-order chi connectivity index (χ1) is 14.8. The minimum Gasteiger partial charge on any atom is -0.195 e. The fourth-order valence-electron chi connectivity index (χ4n) is 5.68. The van der Waals surface area contributed by atoms with E-state index in [4.69, 9.17) is 0 Å². The summed E-state index contributed by atoms with van der Waals surface area (Å²) < 4.78 is 0. The van der Waals surface area contributed by atoms with Gasteiger partial charge in [0.25, 0.3) is 0 Å². The molecule has 31 heavy (non-hydrogen) atoms. The Hall–Kier alpha value is -3.06. The summed E-state index contributed by atoms with van der Waals surface area (Å²) >= 11 is 0. The average molecular weight is 403 g/mol. The second-order valence-corrected chi connectivity index (χ2v) is 9.54. The van der Waals surface area contributed by atoms with E-state index in [1.165, 1.54) is 55.2 Å². The third-order valence-corrected chi connectivity index (χ3v) is 6.53. The lowest BCUT2D eigenvalue weighted by atomic mass is 9.13. The highest BCUT2D eigenvalue weighted by atomic mass is 14.1. The van der Waals surface area contributed by atoms with Crippen molar-refractivity contribution in [2.24, 2.45) is 0 Å². The molecule has 0 radical (unpaired) electrons. The molecule has 0 spiro atoms. The molecule has 0 nitrogen and oxygen atoms in total. The molecule has 0 aliphatic rings. The van der Waals surface area contributed by atoms with Crippen LogP contribution in [0.1, 0.15) is 33.4 Å². The van der Waals surface area contributed by atoms with Gasteiger partial charge in [-0.2, -0.15) is 21.9 Å². The first kappa shape index (κ1) is 21.2. The Morgan fingerprint density at radius 2 is 0.645 bits per heavy atom. The number of hydrogen-bond donors (Lipinski definition) is 0. The summed E-state index contributed by atoms with van der Waals surface area (Å²) in [5.41, 5.74) is 13.4. The van der Waals surface area contributed by atoms with E-state index in [-0.39, 0.29) is 0 Å². The summed E-state index contributed by atoms with van der Waals surface area (Å²) in [5, 5.41) is 0. The molecular weight excluding hydrogens is 371 g/mol. The van der Waals surface area contributed by atoms with Gasteiger partial charge in [0.15, 0.2) is 0 Å². The van der Waals surface area contributed by atoms with Crippen LogP contribution in [0, 0.1) is 41.5 Å². The second-order valence-electron chi connectivity index (χ2n) is 9.54. The van der Waals surface area contributed by atoms with Crippen molar-refractivity contribution in [1.29, 1.82) is 0 Å². The molecule has 0 heterocycles. The van der Waals surface area contributed by atoms with Crippen LogP contribution in [0.25, 0.3) is 0 Å². The van der Waals surface area contributed by atoms with Gasteiger partial charge in [0, 0.05) is 0 Å². The van der Waals surface area contributed by atoms with Gasteiger partial charge in [-0.1, -0.05) is 118 Å². The SMILES string of the molecule is Cc1cc(C)cc([B-](c2ccccc2)(c2cc(C)cc(C)c2)c2cc(C)cc(C)c2)c1. The van der Waals surface area contributed by atoms with Gasteiger partial charge in [0.2, 0.25) is 0 Å². The quantitative estimate of drug-likeness (QED) is 0.425. The average Bonchev–Trinajstić information content (AvgIpc) is 2.67. The summed E-state index contributed by atoms with van der Waals surface area (Å²) in [6.07, 6.45) is -1.33. The van der Waals surface area contributed by atoms with Crippen molar-refractivity contribution in [3.05, 3.63) is 118 Å². The topological polar surface area (TPSA) is 0 Å². The van der Waals surface area contributed by atoms with Crippen molar-refractivity contribution >= 4 is 28.0 Å². The van der Waals surface area contributed by atoms with E-state index < -0.39 is 6.15 Å². The Kier molecular flexibility index (Phi) is 5.62. The van der Waals surface area contributed by atoms with E-state index in [1.54, 1.807) is 0 Å². The van der Waals surface area contributed by atoms with Gasteiger partial charge in [-0.05, 0) is 41.5 Å². The predicted molar refractivity (Wildman–Crippen MR) is 138 cm³/mol. The maximum absolute atomic E-state index is 2.40. The predicted octanol–water partition coefficient (Wildman–Crippen LogP) is 4.91. The van der Waals surface area contributed by atoms with E-state index >= 15 is 0 Å². The highest BCUT2D eigenvalue weighted by Gasteiger charge is 2.32. The first-order valence-corrected chi connectivity index (χ1v) is 11.3. The maximum Gasteiger partial charge on any atom is 0.108 e. The van der Waals surface area contributed by atoms with Gasteiger partial charge in [0.1, 0.15) is 6.15 Å². The van der Waals surface area contributed by atoms with Gasteiger partial charge >= 0.3 is 0 Å². The number of rotatable bonds is 4. The third kappa shape index (κ3) is 3.98. The Morgan fingerprint density at radius 1 is 0.355 bits per heavy atom. The van der Waals surface area contributed by atoms with Gasteiger partial charge in [-0.15, -0.1) is 0 Å². The maximum atomic E-state index is 2.40. The van der Waals surface area contributed by atoms with Crippen molar-refractivity contribution in [1.82, 2.24) is 0 Å². The molecule has 0 bridgehead atoms. The van der Waals surface area contributed by atoms with Crippen LogP contribution in [0.2, 0.25) is 0 Å². The second kappa shape index (κ2) is 8.23. The monoisotopic (exact) mass is 403 g/mol. The molecule has 0 unspecified atom stereocenters. The molecule has 0 saturated carbocycles. The van der Waals surface area contributed by atoms with Crippen molar-refractivity contribution in [2.45, 2.75) is 41.5 Å². The first-order valence-electron chi connectivity index (χ1n) is 11.3. The van der Waals surface area contributed by atoms with Gasteiger partial charge in [-0.3, -0.25) is 0 Å². The summed E-state index contributed by atoms with van der Waals surface area (Å²) in [7, 11) is 0. The Morgan fingerprint density at radius 3 is 0.935 bits per heavy atom. The molecule has 0 aliphatic heterocycles. The van der Waals surface area contributed by atoms with Crippen LogP contribution in [-0.2, 0) is 0 Å². The third-order valence-electron chi connectivity index (χ3n) is 6.53. The Bertz CT molecular complexity index is 1050. The fraction of sp³-hybridized carbons (Fsp3) is 0.200. The summed E-state index contributed by atoms with van der Waals surface area (Å²) in [4.78, 5) is 0. The number of hydrogen-bond acceptors (Lipinski definition) is 0. The molecule has 0 amide bonds. The lowest BCUT2D eigenvalue weighted by Gasteiger charge is -2.45. The van der Waals surface area contributed by atoms with Gasteiger partial charge in [-0.25, -0.2) is 0 Å². The van der Waals surface area contributed by atoms with Crippen molar-refractivity contribution in [3.63, 3.8) is 0 Å². The highest BCUT2D eigenvalue weighted by molar-refractivity contribution is 7.20. The van der Waals surface area contributed by atoms with Gasteiger partial charge < -0.3 is 0 Å². The zero-order valence-corrected chi connectivity index (χ0v) is 19.7. The van der Waals surface area contributed by atoms with E-state index in [9.17, 15) is 0 Å². The smallest absolute Gasteiger partial charge is 0.108 e. The van der Waals surface area contributed by atoms with Crippen LogP contribution in [0.3, 0.4) is 0 Å². The lowest BCUT2D eigenvalue weighted by molar-refractivity contribution is 1.38. The fourth-order valence-corrected chi connectivity index (χ4v) is 5.68. The largest absolute Gasteiger partial charge is 0.195 e. The van der Waals surface area contributed by atoms with Crippen molar-refractivity contribution < 1.29 is 0 Å². The van der Waals surface area contributed by atoms with Crippen molar-refractivity contribution in [2.75, 3.05) is 0 Å². The molecule has 4 rings (SSSR count).